The minimum absolute atomic E-state index is 0.0564. The van der Waals surface area contributed by atoms with Gasteiger partial charge in [-0.2, -0.15) is 0 Å². The number of aromatic nitrogens is 3. The van der Waals surface area contributed by atoms with E-state index in [1.165, 1.54) is 11.8 Å². The van der Waals surface area contributed by atoms with Crippen LogP contribution >= 0.6 is 11.8 Å². The molecule has 3 rings (SSSR count). The summed E-state index contributed by atoms with van der Waals surface area (Å²) in [6.07, 6.45) is 1.92. The van der Waals surface area contributed by atoms with Gasteiger partial charge in [-0.1, -0.05) is 37.7 Å². The molecule has 0 aliphatic rings. The number of rotatable bonds is 8. The molecule has 3 aromatic rings. The van der Waals surface area contributed by atoms with Gasteiger partial charge in [0, 0.05) is 12.2 Å². The van der Waals surface area contributed by atoms with Gasteiger partial charge < -0.3 is 14.6 Å². The summed E-state index contributed by atoms with van der Waals surface area (Å²) in [7, 11) is 1.62. The molecule has 1 atom stereocenters. The third kappa shape index (κ3) is 4.95. The molecule has 8 heteroatoms. The maximum Gasteiger partial charge on any atom is 0.278 e. The molecule has 0 saturated carbocycles. The Labute approximate surface area is 186 Å². The Morgan fingerprint density at radius 3 is 2.61 bits per heavy atom. The first-order valence-corrected chi connectivity index (χ1v) is 11.6. The van der Waals surface area contributed by atoms with E-state index in [9.17, 15) is 9.59 Å². The average Bonchev–Trinajstić information content (AvgIpc) is 3.04. The summed E-state index contributed by atoms with van der Waals surface area (Å²) < 4.78 is 8.74. The Morgan fingerprint density at radius 1 is 1.23 bits per heavy atom. The van der Waals surface area contributed by atoms with Crippen molar-refractivity contribution < 1.29 is 9.53 Å². The molecule has 0 bridgehead atoms. The Bertz CT molecular complexity index is 1150. The molecule has 1 aromatic carbocycles. The third-order valence-electron chi connectivity index (χ3n) is 5.18. The quantitative estimate of drug-likeness (QED) is 0.424. The number of methoxy groups -OCH3 is 1. The van der Waals surface area contributed by atoms with Gasteiger partial charge in [0.25, 0.3) is 5.56 Å². The topological polar surface area (TPSA) is 78.2 Å². The molecule has 0 aliphatic heterocycles. The predicted molar refractivity (Wildman–Crippen MR) is 125 cm³/mol. The second-order valence-electron chi connectivity index (χ2n) is 8.08. The van der Waals surface area contributed by atoms with Gasteiger partial charge in [0.1, 0.15) is 17.8 Å². The number of benzene rings is 1. The summed E-state index contributed by atoms with van der Waals surface area (Å²) in [6, 6.07) is 9.29. The van der Waals surface area contributed by atoms with Gasteiger partial charge in [-0.15, -0.1) is 0 Å². The van der Waals surface area contributed by atoms with E-state index >= 15 is 0 Å². The summed E-state index contributed by atoms with van der Waals surface area (Å²) in [5.74, 6) is 0.881. The van der Waals surface area contributed by atoms with Crippen LogP contribution in [0.5, 0.6) is 5.75 Å². The molecule has 1 N–H and O–H groups in total. The average molecular weight is 443 g/mol. The van der Waals surface area contributed by atoms with Crippen LogP contribution in [-0.2, 0) is 17.9 Å². The van der Waals surface area contributed by atoms with Crippen LogP contribution in [-0.4, -0.2) is 33.4 Å². The lowest BCUT2D eigenvalue weighted by Gasteiger charge is -2.17. The van der Waals surface area contributed by atoms with E-state index in [0.29, 0.717) is 28.7 Å². The number of hydrogen-bond acceptors (Lipinski definition) is 5. The molecule has 1 amide bonds. The lowest BCUT2D eigenvalue weighted by atomic mass is 10.1. The zero-order chi connectivity index (χ0) is 22.7. The van der Waals surface area contributed by atoms with Gasteiger partial charge in [0.05, 0.1) is 18.7 Å². The first-order chi connectivity index (χ1) is 14.7. The highest BCUT2D eigenvalue weighted by atomic mass is 32.2. The monoisotopic (exact) mass is 442 g/mol. The molecule has 0 saturated heterocycles. The lowest BCUT2D eigenvalue weighted by molar-refractivity contribution is -0.122. The molecule has 0 fully saturated rings. The normalized spacial score (nSPS) is 12.4. The van der Waals surface area contributed by atoms with Crippen molar-refractivity contribution in [2.45, 2.75) is 52.0 Å². The van der Waals surface area contributed by atoms with Crippen molar-refractivity contribution in [1.82, 2.24) is 19.4 Å². The molecule has 0 spiro atoms. The van der Waals surface area contributed by atoms with Gasteiger partial charge in [0.2, 0.25) is 5.91 Å². The van der Waals surface area contributed by atoms with Gasteiger partial charge in [-0.05, 0) is 49.8 Å². The molecule has 2 aromatic heterocycles. The molecule has 7 nitrogen and oxygen atoms in total. The van der Waals surface area contributed by atoms with E-state index in [1.54, 1.807) is 16.2 Å². The Hall–Kier alpha value is -2.74. The van der Waals surface area contributed by atoms with Crippen molar-refractivity contribution in [2.75, 3.05) is 13.4 Å². The Kier molecular flexibility index (Phi) is 7.10. The maximum absolute atomic E-state index is 13.3. The number of fused-ring (bicyclic) bond motifs is 1. The number of thioether (sulfide) groups is 1. The second kappa shape index (κ2) is 9.60. The number of nitrogens with zero attached hydrogens (tertiary/aromatic N) is 3. The smallest absolute Gasteiger partial charge is 0.278 e. The molecule has 31 heavy (non-hydrogen) atoms. The highest BCUT2D eigenvalue weighted by Crippen LogP contribution is 2.21. The van der Waals surface area contributed by atoms with E-state index in [1.807, 2.05) is 50.4 Å². The summed E-state index contributed by atoms with van der Waals surface area (Å²) in [5, 5.41) is 3.71. The van der Waals surface area contributed by atoms with Gasteiger partial charge in [-0.25, -0.2) is 4.98 Å². The van der Waals surface area contributed by atoms with Crippen LogP contribution in [0.3, 0.4) is 0 Å². The SMILES string of the molecule is COc1cccc([C@@H](C)NC(=O)Cn2c(C)cc3nc(SC)n(CC(C)C)c(=O)c32)c1. The summed E-state index contributed by atoms with van der Waals surface area (Å²) in [6.45, 7) is 8.60. The number of carbonyl (C=O) groups is 1. The molecular formula is C23H30N4O3S. The Morgan fingerprint density at radius 2 is 1.97 bits per heavy atom. The molecule has 0 radical (unpaired) electrons. The first kappa shape index (κ1) is 22.9. The number of hydrogen-bond donors (Lipinski definition) is 1. The van der Waals surface area contributed by atoms with Crippen LogP contribution < -0.4 is 15.6 Å². The maximum atomic E-state index is 13.3. The minimum atomic E-state index is -0.191. The number of nitrogens with one attached hydrogen (secondary N) is 1. The number of carbonyl (C=O) groups excluding carboxylic acids is 1. The van der Waals surface area contributed by atoms with E-state index in [0.717, 1.165) is 17.0 Å². The number of amides is 1. The number of ether oxygens (including phenoxy) is 1. The summed E-state index contributed by atoms with van der Waals surface area (Å²) >= 11 is 1.46. The number of aryl methyl sites for hydroxylation is 1. The third-order valence-corrected chi connectivity index (χ3v) is 5.86. The minimum Gasteiger partial charge on any atom is -0.497 e. The fourth-order valence-corrected chi connectivity index (χ4v) is 4.23. The van der Waals surface area contributed by atoms with Crippen molar-refractivity contribution in [3.05, 3.63) is 51.9 Å². The van der Waals surface area contributed by atoms with Crippen LogP contribution in [0.2, 0.25) is 0 Å². The molecule has 166 valence electrons. The van der Waals surface area contributed by atoms with Crippen LogP contribution in [0, 0.1) is 12.8 Å². The second-order valence-corrected chi connectivity index (χ2v) is 8.85. The fraction of sp³-hybridized carbons (Fsp3) is 0.435. The fourth-order valence-electron chi connectivity index (χ4n) is 3.66. The zero-order valence-electron chi connectivity index (χ0n) is 18.9. The Balaban J connectivity index is 1.90. The highest BCUT2D eigenvalue weighted by molar-refractivity contribution is 7.98. The standard InChI is InChI=1S/C23H30N4O3S/c1-14(2)12-27-22(29)21-19(25-23(27)31-6)10-15(3)26(21)13-20(28)24-16(4)17-8-7-9-18(11-17)30-5/h7-11,14,16H,12-13H2,1-6H3,(H,24,28)/t16-/m1/s1. The van der Waals surface area contributed by atoms with Gasteiger partial charge in [0.15, 0.2) is 5.16 Å². The predicted octanol–water partition coefficient (Wildman–Crippen LogP) is 3.77. The van der Waals surface area contributed by atoms with E-state index in [4.69, 9.17) is 4.74 Å². The molecular weight excluding hydrogens is 412 g/mol. The van der Waals surface area contributed by atoms with Crippen molar-refractivity contribution >= 4 is 28.7 Å². The van der Waals surface area contributed by atoms with E-state index in [-0.39, 0.29) is 24.1 Å². The van der Waals surface area contributed by atoms with Crippen molar-refractivity contribution in [1.29, 1.82) is 0 Å². The summed E-state index contributed by atoms with van der Waals surface area (Å²) in [5.41, 5.74) is 2.77. The van der Waals surface area contributed by atoms with Crippen LogP contribution in [0.25, 0.3) is 11.0 Å². The van der Waals surface area contributed by atoms with Crippen LogP contribution in [0.15, 0.2) is 40.3 Å². The molecule has 0 aliphatic carbocycles. The van der Waals surface area contributed by atoms with Gasteiger partial charge >= 0.3 is 0 Å². The van der Waals surface area contributed by atoms with Crippen molar-refractivity contribution in [3.63, 3.8) is 0 Å². The highest BCUT2D eigenvalue weighted by Gasteiger charge is 2.19. The van der Waals surface area contributed by atoms with Crippen molar-refractivity contribution in [3.8, 4) is 5.75 Å². The lowest BCUT2D eigenvalue weighted by Crippen LogP contribution is -2.32. The van der Waals surface area contributed by atoms with E-state index in [2.05, 4.69) is 24.1 Å². The molecule has 2 heterocycles. The van der Waals surface area contributed by atoms with E-state index < -0.39 is 0 Å². The first-order valence-electron chi connectivity index (χ1n) is 10.3. The van der Waals surface area contributed by atoms with Gasteiger partial charge in [-0.3, -0.25) is 14.2 Å². The van der Waals surface area contributed by atoms with Crippen LogP contribution in [0.1, 0.15) is 38.1 Å². The van der Waals surface area contributed by atoms with Crippen LogP contribution in [0.4, 0.5) is 0 Å². The summed E-state index contributed by atoms with van der Waals surface area (Å²) in [4.78, 5) is 30.8. The zero-order valence-corrected chi connectivity index (χ0v) is 19.7. The van der Waals surface area contributed by atoms with Crippen molar-refractivity contribution in [2.24, 2.45) is 5.92 Å². The molecule has 0 unspecified atom stereocenters. The largest absolute Gasteiger partial charge is 0.497 e.